The van der Waals surface area contributed by atoms with E-state index in [0.717, 1.165) is 10.4 Å². The van der Waals surface area contributed by atoms with Crippen molar-refractivity contribution in [2.24, 2.45) is 0 Å². The Morgan fingerprint density at radius 2 is 2.10 bits per heavy atom. The molecule has 112 valence electrons. The van der Waals surface area contributed by atoms with E-state index in [1.807, 2.05) is 0 Å². The lowest BCUT2D eigenvalue weighted by atomic mass is 10.2. The first-order valence-electron chi connectivity index (χ1n) is 5.93. The lowest BCUT2D eigenvalue weighted by Gasteiger charge is -2.17. The zero-order valence-corrected chi connectivity index (χ0v) is 12.7. The van der Waals surface area contributed by atoms with Gasteiger partial charge in [-0.25, -0.2) is 17.8 Å². The van der Waals surface area contributed by atoms with Crippen LogP contribution in [0.15, 0.2) is 41.6 Å². The minimum absolute atomic E-state index is 0.0395. The van der Waals surface area contributed by atoms with Gasteiger partial charge in [0.15, 0.2) is 5.82 Å². The Morgan fingerprint density at radius 1 is 1.38 bits per heavy atom. The van der Waals surface area contributed by atoms with Gasteiger partial charge in [0.2, 0.25) is 5.03 Å². The molecule has 0 aliphatic heterocycles. The lowest BCUT2D eigenvalue weighted by molar-refractivity contribution is 0.455. The number of sulfonamides is 1. The maximum absolute atomic E-state index is 13.6. The lowest BCUT2D eigenvalue weighted by Crippen LogP contribution is -2.28. The Morgan fingerprint density at radius 3 is 2.76 bits per heavy atom. The average Bonchev–Trinajstić information content (AvgIpc) is 2.43. The first kappa shape index (κ1) is 15.7. The van der Waals surface area contributed by atoms with E-state index in [9.17, 15) is 12.8 Å². The normalized spacial score (nSPS) is 11.8. The number of aromatic nitrogens is 1. The fourth-order valence-electron chi connectivity index (χ4n) is 1.75. The van der Waals surface area contributed by atoms with Crippen LogP contribution >= 0.6 is 11.6 Å². The summed E-state index contributed by atoms with van der Waals surface area (Å²) in [6.45, 7) is -0.0395. The van der Waals surface area contributed by atoms with Crippen LogP contribution in [0.3, 0.4) is 0 Å². The summed E-state index contributed by atoms with van der Waals surface area (Å²) < 4.78 is 39.2. The highest BCUT2D eigenvalue weighted by Crippen LogP contribution is 2.23. The second kappa shape index (κ2) is 5.97. The van der Waals surface area contributed by atoms with Crippen LogP contribution < -0.4 is 5.73 Å². The molecule has 0 bridgehead atoms. The Bertz CT molecular complexity index is 768. The Balaban J connectivity index is 2.33. The van der Waals surface area contributed by atoms with Crippen molar-refractivity contribution in [2.45, 2.75) is 11.6 Å². The highest BCUT2D eigenvalue weighted by Gasteiger charge is 2.26. The SMILES string of the molecule is CN(Cc1cc(N)ccc1Cl)S(=O)(=O)c1ncccc1F. The molecule has 0 aliphatic rings. The second-order valence-corrected chi connectivity index (χ2v) is 6.77. The van der Waals surface area contributed by atoms with Gasteiger partial charge in [0.1, 0.15) is 0 Å². The van der Waals surface area contributed by atoms with Gasteiger partial charge < -0.3 is 5.73 Å². The summed E-state index contributed by atoms with van der Waals surface area (Å²) in [4.78, 5) is 3.59. The molecule has 0 atom stereocenters. The molecule has 2 N–H and O–H groups in total. The third-order valence-corrected chi connectivity index (χ3v) is 4.95. The predicted molar refractivity (Wildman–Crippen MR) is 78.7 cm³/mol. The van der Waals surface area contributed by atoms with Crippen molar-refractivity contribution in [3.05, 3.63) is 52.9 Å². The van der Waals surface area contributed by atoms with Crippen molar-refractivity contribution in [1.82, 2.24) is 9.29 Å². The van der Waals surface area contributed by atoms with Crippen LogP contribution in [0.2, 0.25) is 5.02 Å². The van der Waals surface area contributed by atoms with E-state index in [-0.39, 0.29) is 6.54 Å². The molecule has 1 aromatic carbocycles. The number of hydrogen-bond donors (Lipinski definition) is 1. The van der Waals surface area contributed by atoms with E-state index in [0.29, 0.717) is 16.3 Å². The van der Waals surface area contributed by atoms with Gasteiger partial charge in [-0.1, -0.05) is 11.6 Å². The highest BCUT2D eigenvalue weighted by atomic mass is 35.5. The number of nitrogens with zero attached hydrogens (tertiary/aromatic N) is 2. The van der Waals surface area contributed by atoms with E-state index in [1.54, 1.807) is 18.2 Å². The number of halogens is 2. The summed E-state index contributed by atoms with van der Waals surface area (Å²) >= 11 is 6.00. The van der Waals surface area contributed by atoms with E-state index in [2.05, 4.69) is 4.98 Å². The molecule has 0 fully saturated rings. The fourth-order valence-corrected chi connectivity index (χ4v) is 3.04. The van der Waals surface area contributed by atoms with Gasteiger partial charge in [-0.3, -0.25) is 0 Å². The third kappa shape index (κ3) is 3.31. The molecule has 5 nitrogen and oxygen atoms in total. The largest absolute Gasteiger partial charge is 0.399 e. The summed E-state index contributed by atoms with van der Waals surface area (Å²) in [5.74, 6) is -0.900. The summed E-state index contributed by atoms with van der Waals surface area (Å²) in [6, 6.07) is 7.13. The van der Waals surface area contributed by atoms with Gasteiger partial charge in [0.05, 0.1) is 0 Å². The molecule has 2 aromatic rings. The Hall–Kier alpha value is -1.70. The topological polar surface area (TPSA) is 76.3 Å². The molecule has 1 aromatic heterocycles. The van der Waals surface area contributed by atoms with Crippen molar-refractivity contribution in [2.75, 3.05) is 12.8 Å². The van der Waals surface area contributed by atoms with E-state index >= 15 is 0 Å². The van der Waals surface area contributed by atoms with Crippen molar-refractivity contribution in [3.8, 4) is 0 Å². The van der Waals surface area contributed by atoms with Crippen LogP contribution in [-0.2, 0) is 16.6 Å². The van der Waals surface area contributed by atoms with Crippen LogP contribution in [0.25, 0.3) is 0 Å². The Kier molecular flexibility index (Phi) is 4.46. The number of rotatable bonds is 4. The van der Waals surface area contributed by atoms with Gasteiger partial charge in [-0.05, 0) is 35.9 Å². The number of pyridine rings is 1. The number of nitrogen functional groups attached to an aromatic ring is 1. The predicted octanol–water partition coefficient (Wildman–Crippen LogP) is 2.28. The molecule has 0 radical (unpaired) electrons. The fraction of sp³-hybridized carbons (Fsp3) is 0.154. The quantitative estimate of drug-likeness (QED) is 0.873. The van der Waals surface area contributed by atoms with Crippen molar-refractivity contribution >= 4 is 27.3 Å². The van der Waals surface area contributed by atoms with Crippen LogP contribution in [0, 0.1) is 5.82 Å². The summed E-state index contributed by atoms with van der Waals surface area (Å²) in [6.07, 6.45) is 1.22. The van der Waals surface area contributed by atoms with Crippen molar-refractivity contribution in [1.29, 1.82) is 0 Å². The maximum Gasteiger partial charge on any atom is 0.263 e. The molecule has 0 spiro atoms. The summed E-state index contributed by atoms with van der Waals surface area (Å²) in [7, 11) is -2.73. The first-order valence-corrected chi connectivity index (χ1v) is 7.75. The summed E-state index contributed by atoms with van der Waals surface area (Å²) in [5.41, 5.74) is 6.64. The average molecular weight is 330 g/mol. The van der Waals surface area contributed by atoms with Crippen LogP contribution in [0.5, 0.6) is 0 Å². The second-order valence-electron chi connectivity index (χ2n) is 4.40. The number of nitrogens with two attached hydrogens (primary N) is 1. The van der Waals surface area contributed by atoms with Gasteiger partial charge in [-0.2, -0.15) is 4.31 Å². The molecule has 1 heterocycles. The Labute approximate surface area is 127 Å². The van der Waals surface area contributed by atoms with Crippen LogP contribution in [-0.4, -0.2) is 24.8 Å². The number of anilines is 1. The zero-order valence-electron chi connectivity index (χ0n) is 11.1. The zero-order chi connectivity index (χ0) is 15.6. The molecule has 0 saturated carbocycles. The van der Waals surface area contributed by atoms with Gasteiger partial charge in [0, 0.05) is 30.5 Å². The molecular formula is C13H13ClFN3O2S. The molecule has 0 unspecified atom stereocenters. The smallest absolute Gasteiger partial charge is 0.263 e. The minimum atomic E-state index is -4.05. The van der Waals surface area contributed by atoms with Crippen LogP contribution in [0.1, 0.15) is 5.56 Å². The van der Waals surface area contributed by atoms with Gasteiger partial charge in [0.25, 0.3) is 10.0 Å². The number of benzene rings is 1. The maximum atomic E-state index is 13.6. The molecule has 0 amide bonds. The van der Waals surface area contributed by atoms with Crippen LogP contribution in [0.4, 0.5) is 10.1 Å². The van der Waals surface area contributed by atoms with Gasteiger partial charge >= 0.3 is 0 Å². The van der Waals surface area contributed by atoms with Crippen molar-refractivity contribution < 1.29 is 12.8 Å². The van der Waals surface area contributed by atoms with Gasteiger partial charge in [-0.15, -0.1) is 0 Å². The molecule has 2 rings (SSSR count). The summed E-state index contributed by atoms with van der Waals surface area (Å²) in [5, 5.41) is -0.236. The monoisotopic (exact) mass is 329 g/mol. The van der Waals surface area contributed by atoms with E-state index < -0.39 is 20.9 Å². The standard InChI is InChI=1S/C13H13ClFN3O2S/c1-18(8-9-7-10(16)4-5-11(9)14)21(19,20)13-12(15)3-2-6-17-13/h2-7H,8,16H2,1H3. The molecule has 8 heteroatoms. The van der Waals surface area contributed by atoms with E-state index in [4.69, 9.17) is 17.3 Å². The molecular weight excluding hydrogens is 317 g/mol. The highest BCUT2D eigenvalue weighted by molar-refractivity contribution is 7.89. The first-order chi connectivity index (χ1) is 9.82. The third-order valence-electron chi connectivity index (χ3n) is 2.84. The number of hydrogen-bond acceptors (Lipinski definition) is 4. The minimum Gasteiger partial charge on any atom is -0.399 e. The van der Waals surface area contributed by atoms with Crippen molar-refractivity contribution in [3.63, 3.8) is 0 Å². The van der Waals surface area contributed by atoms with E-state index in [1.165, 1.54) is 19.3 Å². The molecule has 21 heavy (non-hydrogen) atoms. The molecule has 0 aliphatic carbocycles. The molecule has 0 saturated heterocycles.